The van der Waals surface area contributed by atoms with Crippen molar-refractivity contribution in [3.05, 3.63) is 74.9 Å². The van der Waals surface area contributed by atoms with E-state index >= 15 is 0 Å². The molecule has 1 unspecified atom stereocenters. The number of carbonyl (C=O) groups is 1. The Hall–Kier alpha value is -3.10. The second-order valence-electron chi connectivity index (χ2n) is 6.44. The zero-order valence-electron chi connectivity index (χ0n) is 15.3. The van der Waals surface area contributed by atoms with Crippen LogP contribution in [-0.4, -0.2) is 26.1 Å². The molecule has 0 spiro atoms. The van der Waals surface area contributed by atoms with Crippen molar-refractivity contribution >= 4 is 35.1 Å². The zero-order valence-corrected chi connectivity index (χ0v) is 16.8. The first-order valence-electron chi connectivity index (χ1n) is 8.67. The summed E-state index contributed by atoms with van der Waals surface area (Å²) in [5.41, 5.74) is 8.08. The highest BCUT2D eigenvalue weighted by molar-refractivity contribution is 6.35. The minimum atomic E-state index is -0.629. The van der Waals surface area contributed by atoms with Crippen LogP contribution in [-0.2, 0) is 11.4 Å². The summed E-state index contributed by atoms with van der Waals surface area (Å²) < 4.78 is 7.55. The van der Waals surface area contributed by atoms with Crippen LogP contribution in [0.4, 0.5) is 5.95 Å². The van der Waals surface area contributed by atoms with Crippen LogP contribution in [0.5, 0.6) is 5.75 Å². The average Bonchev–Trinajstić information content (AvgIpc) is 3.14. The fourth-order valence-corrected chi connectivity index (χ4v) is 3.71. The third-order valence-corrected chi connectivity index (χ3v) is 5.18. The van der Waals surface area contributed by atoms with Gasteiger partial charge in [-0.15, -0.1) is 0 Å². The SMILES string of the molecule is CC1=C(C(N)=O)C(c2ccccc2OCc2ccc(Cl)cc2Cl)n2nnnc2N1. The van der Waals surface area contributed by atoms with Gasteiger partial charge in [0.2, 0.25) is 11.9 Å². The molecule has 10 heteroatoms. The van der Waals surface area contributed by atoms with Crippen LogP contribution >= 0.6 is 23.2 Å². The van der Waals surface area contributed by atoms with Gasteiger partial charge in [0.25, 0.3) is 0 Å². The maximum Gasteiger partial charge on any atom is 0.248 e. The molecule has 1 aliphatic rings. The van der Waals surface area contributed by atoms with E-state index in [1.165, 1.54) is 4.68 Å². The molecule has 3 aromatic rings. The van der Waals surface area contributed by atoms with Crippen molar-refractivity contribution in [2.45, 2.75) is 19.6 Å². The fraction of sp³-hybridized carbons (Fsp3) is 0.158. The molecule has 29 heavy (non-hydrogen) atoms. The van der Waals surface area contributed by atoms with E-state index in [9.17, 15) is 4.79 Å². The Kier molecular flexibility index (Phi) is 5.12. The highest BCUT2D eigenvalue weighted by Gasteiger charge is 2.34. The molecule has 1 aliphatic heterocycles. The van der Waals surface area contributed by atoms with Gasteiger partial charge >= 0.3 is 0 Å². The quantitative estimate of drug-likeness (QED) is 0.642. The number of carbonyl (C=O) groups excluding carboxylic acids is 1. The highest BCUT2D eigenvalue weighted by atomic mass is 35.5. The summed E-state index contributed by atoms with van der Waals surface area (Å²) in [6, 6.07) is 11.9. The first-order chi connectivity index (χ1) is 14.0. The molecule has 1 atom stereocenters. The van der Waals surface area contributed by atoms with Gasteiger partial charge in [-0.1, -0.05) is 52.6 Å². The second-order valence-corrected chi connectivity index (χ2v) is 7.28. The van der Waals surface area contributed by atoms with Crippen LogP contribution in [0.25, 0.3) is 0 Å². The summed E-state index contributed by atoms with van der Waals surface area (Å²) in [6.45, 7) is 1.97. The summed E-state index contributed by atoms with van der Waals surface area (Å²) in [7, 11) is 0. The number of fused-ring (bicyclic) bond motifs is 1. The number of nitrogens with two attached hydrogens (primary N) is 1. The van der Waals surface area contributed by atoms with Crippen LogP contribution in [0.2, 0.25) is 10.0 Å². The molecule has 4 rings (SSSR count). The van der Waals surface area contributed by atoms with E-state index in [1.54, 1.807) is 31.2 Å². The standard InChI is InChI=1S/C19H16Cl2N6O2/c1-10-16(18(22)28)17(27-19(23-10)24-25-26-27)13-4-2-3-5-15(13)29-9-11-6-7-12(20)8-14(11)21/h2-8,17H,9H2,1H3,(H2,22,28)(H,23,24,26). The smallest absolute Gasteiger partial charge is 0.248 e. The molecular formula is C19H16Cl2N6O2. The Morgan fingerprint density at radius 3 is 2.83 bits per heavy atom. The van der Waals surface area contributed by atoms with Crippen molar-refractivity contribution in [2.24, 2.45) is 5.73 Å². The van der Waals surface area contributed by atoms with Gasteiger partial charge in [0.1, 0.15) is 18.4 Å². The van der Waals surface area contributed by atoms with Gasteiger partial charge in [-0.2, -0.15) is 4.68 Å². The van der Waals surface area contributed by atoms with Gasteiger partial charge in [0.15, 0.2) is 0 Å². The predicted molar refractivity (Wildman–Crippen MR) is 109 cm³/mol. The zero-order chi connectivity index (χ0) is 20.5. The number of amides is 1. The Morgan fingerprint density at radius 2 is 2.07 bits per heavy atom. The normalized spacial score (nSPS) is 15.6. The molecule has 2 heterocycles. The topological polar surface area (TPSA) is 108 Å². The van der Waals surface area contributed by atoms with Gasteiger partial charge in [0.05, 0.1) is 5.57 Å². The number of para-hydroxylation sites is 1. The number of primary amides is 1. The number of halogens is 2. The van der Waals surface area contributed by atoms with E-state index in [1.807, 2.05) is 18.2 Å². The van der Waals surface area contributed by atoms with Crippen LogP contribution in [0.3, 0.4) is 0 Å². The number of benzene rings is 2. The molecule has 0 aliphatic carbocycles. The van der Waals surface area contributed by atoms with Crippen molar-refractivity contribution in [1.29, 1.82) is 0 Å². The number of ether oxygens (including phenoxy) is 1. The third kappa shape index (κ3) is 3.64. The lowest BCUT2D eigenvalue weighted by Crippen LogP contribution is -2.32. The number of tetrazole rings is 1. The molecule has 0 bridgehead atoms. The second kappa shape index (κ2) is 7.73. The van der Waals surface area contributed by atoms with Crippen molar-refractivity contribution in [3.63, 3.8) is 0 Å². The van der Waals surface area contributed by atoms with Gasteiger partial charge in [-0.05, 0) is 35.5 Å². The molecule has 1 aromatic heterocycles. The highest BCUT2D eigenvalue weighted by Crippen LogP contribution is 2.38. The number of hydrogen-bond acceptors (Lipinski definition) is 6. The Labute approximate surface area is 176 Å². The third-order valence-electron chi connectivity index (χ3n) is 4.59. The Balaban J connectivity index is 1.73. The van der Waals surface area contributed by atoms with Crippen LogP contribution in [0.15, 0.2) is 53.7 Å². The van der Waals surface area contributed by atoms with Crippen molar-refractivity contribution in [2.75, 3.05) is 5.32 Å². The van der Waals surface area contributed by atoms with Crippen LogP contribution in [0, 0.1) is 0 Å². The lowest BCUT2D eigenvalue weighted by Gasteiger charge is -2.28. The number of nitrogens with zero attached hydrogens (tertiary/aromatic N) is 4. The molecule has 148 valence electrons. The van der Waals surface area contributed by atoms with E-state index < -0.39 is 11.9 Å². The van der Waals surface area contributed by atoms with E-state index in [2.05, 4.69) is 20.8 Å². The van der Waals surface area contributed by atoms with Gasteiger partial charge < -0.3 is 15.8 Å². The molecule has 3 N–H and O–H groups in total. The minimum absolute atomic E-state index is 0.217. The largest absolute Gasteiger partial charge is 0.488 e. The summed E-state index contributed by atoms with van der Waals surface area (Å²) in [4.78, 5) is 12.2. The van der Waals surface area contributed by atoms with Crippen molar-refractivity contribution < 1.29 is 9.53 Å². The first kappa shape index (κ1) is 19.2. The van der Waals surface area contributed by atoms with Crippen molar-refractivity contribution in [3.8, 4) is 5.75 Å². The summed E-state index contributed by atoms with van der Waals surface area (Å²) in [5, 5.41) is 15.7. The molecule has 0 fully saturated rings. The lowest BCUT2D eigenvalue weighted by molar-refractivity contribution is -0.115. The number of nitrogens with one attached hydrogen (secondary N) is 1. The van der Waals surface area contributed by atoms with E-state index in [4.69, 9.17) is 33.7 Å². The van der Waals surface area contributed by atoms with Gasteiger partial charge in [-0.25, -0.2) is 0 Å². The summed E-state index contributed by atoms with van der Waals surface area (Å²) in [5.74, 6) is 0.392. The molecular weight excluding hydrogens is 415 g/mol. The number of aromatic nitrogens is 4. The molecule has 8 nitrogen and oxygen atoms in total. The number of anilines is 1. The lowest BCUT2D eigenvalue weighted by atomic mass is 9.94. The Morgan fingerprint density at radius 1 is 1.28 bits per heavy atom. The van der Waals surface area contributed by atoms with E-state index in [0.29, 0.717) is 38.6 Å². The molecule has 0 saturated carbocycles. The maximum atomic E-state index is 12.2. The average molecular weight is 431 g/mol. The summed E-state index contributed by atoms with van der Waals surface area (Å²) >= 11 is 12.2. The number of hydrogen-bond donors (Lipinski definition) is 2. The molecule has 2 aromatic carbocycles. The monoisotopic (exact) mass is 430 g/mol. The van der Waals surface area contributed by atoms with Crippen LogP contribution < -0.4 is 15.8 Å². The molecule has 0 radical (unpaired) electrons. The van der Waals surface area contributed by atoms with Crippen LogP contribution in [0.1, 0.15) is 24.1 Å². The summed E-state index contributed by atoms with van der Waals surface area (Å²) in [6.07, 6.45) is 0. The molecule has 1 amide bonds. The van der Waals surface area contributed by atoms with Crippen molar-refractivity contribution in [1.82, 2.24) is 20.2 Å². The van der Waals surface area contributed by atoms with E-state index in [-0.39, 0.29) is 6.61 Å². The number of allylic oxidation sites excluding steroid dienone is 1. The maximum absolute atomic E-state index is 12.2. The fourth-order valence-electron chi connectivity index (χ4n) is 3.25. The number of rotatable bonds is 5. The van der Waals surface area contributed by atoms with E-state index in [0.717, 1.165) is 5.56 Å². The Bertz CT molecular complexity index is 1130. The predicted octanol–water partition coefficient (Wildman–Crippen LogP) is 3.33. The minimum Gasteiger partial charge on any atom is -0.488 e. The molecule has 0 saturated heterocycles. The van der Waals surface area contributed by atoms with Gasteiger partial charge in [0, 0.05) is 26.9 Å². The first-order valence-corrected chi connectivity index (χ1v) is 9.42. The van der Waals surface area contributed by atoms with Gasteiger partial charge in [-0.3, -0.25) is 4.79 Å².